The molecule has 0 radical (unpaired) electrons. The number of anilines is 1. The molecule has 2 nitrogen and oxygen atoms in total. The molecule has 0 fully saturated rings. The number of carbonyl (C=O) groups is 1. The summed E-state index contributed by atoms with van der Waals surface area (Å²) in [6.07, 6.45) is 2.59. The molecular formula is C16H13F2NO. The molecule has 2 aromatic carbocycles. The number of nitrogens with one attached hydrogen (secondary N) is 1. The highest BCUT2D eigenvalue weighted by molar-refractivity contribution is 6.02. The first-order valence-corrected chi connectivity index (χ1v) is 6.06. The maximum Gasteiger partial charge on any atom is 0.248 e. The molecule has 2 rings (SSSR count). The summed E-state index contributed by atoms with van der Waals surface area (Å²) < 4.78 is 26.4. The van der Waals surface area contributed by atoms with Crippen LogP contribution in [0, 0.1) is 18.6 Å². The summed E-state index contributed by atoms with van der Waals surface area (Å²) in [5.74, 6) is -1.27. The third kappa shape index (κ3) is 3.51. The number of carbonyl (C=O) groups excluding carboxylic acids is 1. The molecule has 0 aliphatic rings. The van der Waals surface area contributed by atoms with Gasteiger partial charge in [0.15, 0.2) is 0 Å². The Labute approximate surface area is 115 Å². The first-order chi connectivity index (χ1) is 9.56. The third-order valence-corrected chi connectivity index (χ3v) is 2.78. The molecule has 0 bridgehead atoms. The molecule has 0 aromatic heterocycles. The van der Waals surface area contributed by atoms with E-state index < -0.39 is 17.5 Å². The Balaban J connectivity index is 2.10. The molecular weight excluding hydrogens is 260 g/mol. The van der Waals surface area contributed by atoms with Gasteiger partial charge in [-0.05, 0) is 36.8 Å². The summed E-state index contributed by atoms with van der Waals surface area (Å²) in [5, 5.41) is 2.55. The van der Waals surface area contributed by atoms with Gasteiger partial charge in [0.1, 0.15) is 11.6 Å². The molecule has 0 atom stereocenters. The maximum absolute atomic E-state index is 13.4. The second-order valence-corrected chi connectivity index (χ2v) is 4.30. The van der Waals surface area contributed by atoms with Crippen molar-refractivity contribution in [2.45, 2.75) is 6.92 Å². The number of rotatable bonds is 3. The predicted molar refractivity (Wildman–Crippen MR) is 75.2 cm³/mol. The van der Waals surface area contributed by atoms with Gasteiger partial charge < -0.3 is 5.32 Å². The van der Waals surface area contributed by atoms with Gasteiger partial charge >= 0.3 is 0 Å². The van der Waals surface area contributed by atoms with E-state index in [0.717, 1.165) is 5.56 Å². The van der Waals surface area contributed by atoms with Crippen molar-refractivity contribution in [1.29, 1.82) is 0 Å². The van der Waals surface area contributed by atoms with Crippen molar-refractivity contribution in [3.05, 3.63) is 71.3 Å². The van der Waals surface area contributed by atoms with Gasteiger partial charge in [-0.2, -0.15) is 0 Å². The minimum Gasteiger partial charge on any atom is -0.322 e. The molecule has 1 amide bonds. The van der Waals surface area contributed by atoms with Crippen LogP contribution in [-0.2, 0) is 4.79 Å². The molecule has 2 aromatic rings. The van der Waals surface area contributed by atoms with Crippen molar-refractivity contribution in [1.82, 2.24) is 0 Å². The van der Waals surface area contributed by atoms with Crippen LogP contribution in [0.4, 0.5) is 14.5 Å². The third-order valence-electron chi connectivity index (χ3n) is 2.78. The summed E-state index contributed by atoms with van der Waals surface area (Å²) in [4.78, 5) is 11.7. The van der Waals surface area contributed by atoms with Gasteiger partial charge in [-0.3, -0.25) is 4.79 Å². The molecule has 1 N–H and O–H groups in total. The van der Waals surface area contributed by atoms with E-state index in [1.807, 2.05) is 0 Å². The lowest BCUT2D eigenvalue weighted by atomic mass is 10.2. The van der Waals surface area contributed by atoms with Gasteiger partial charge in [-0.15, -0.1) is 0 Å². The lowest BCUT2D eigenvalue weighted by Crippen LogP contribution is -2.09. The van der Waals surface area contributed by atoms with E-state index in [1.165, 1.54) is 30.4 Å². The van der Waals surface area contributed by atoms with E-state index in [9.17, 15) is 13.6 Å². The monoisotopic (exact) mass is 273 g/mol. The average Bonchev–Trinajstić information content (AvgIpc) is 2.42. The molecule has 20 heavy (non-hydrogen) atoms. The molecule has 0 saturated heterocycles. The van der Waals surface area contributed by atoms with Gasteiger partial charge in [0.05, 0.1) is 0 Å². The maximum atomic E-state index is 13.4. The second-order valence-electron chi connectivity index (χ2n) is 4.30. The Morgan fingerprint density at radius 2 is 1.90 bits per heavy atom. The highest BCUT2D eigenvalue weighted by Gasteiger charge is 2.03. The fraction of sp³-hybridized carbons (Fsp3) is 0.0625. The standard InChI is InChI=1S/C16H13F2NO/c1-11-6-8-13(17)10-15(11)19-16(20)9-7-12-4-2-3-5-14(12)18/h2-10H,1H3,(H,19,20)/b9-7+. The molecule has 0 unspecified atom stereocenters. The molecule has 102 valence electrons. The van der Waals surface area contributed by atoms with Crippen LogP contribution in [0.5, 0.6) is 0 Å². The van der Waals surface area contributed by atoms with Gasteiger partial charge in [0.2, 0.25) is 5.91 Å². The molecule has 4 heteroatoms. The highest BCUT2D eigenvalue weighted by Crippen LogP contribution is 2.16. The highest BCUT2D eigenvalue weighted by atomic mass is 19.1. The summed E-state index contributed by atoms with van der Waals surface area (Å²) in [6.45, 7) is 1.76. The van der Waals surface area contributed by atoms with Gasteiger partial charge in [0.25, 0.3) is 0 Å². The lowest BCUT2D eigenvalue weighted by Gasteiger charge is -2.06. The number of halogens is 2. The van der Waals surface area contributed by atoms with Crippen LogP contribution in [0.15, 0.2) is 48.5 Å². The first-order valence-electron chi connectivity index (χ1n) is 6.06. The largest absolute Gasteiger partial charge is 0.322 e. The Morgan fingerprint density at radius 1 is 1.15 bits per heavy atom. The summed E-state index contributed by atoms with van der Waals surface area (Å²) in [5.41, 5.74) is 1.46. The molecule has 0 aliphatic carbocycles. The predicted octanol–water partition coefficient (Wildman–Crippen LogP) is 3.93. The average molecular weight is 273 g/mol. The van der Waals surface area contributed by atoms with Gasteiger partial charge in [-0.1, -0.05) is 24.3 Å². The van der Waals surface area contributed by atoms with Gasteiger partial charge in [-0.25, -0.2) is 8.78 Å². The Morgan fingerprint density at radius 3 is 2.65 bits per heavy atom. The second kappa shape index (κ2) is 6.10. The summed E-state index contributed by atoms with van der Waals surface area (Å²) in [7, 11) is 0. The van der Waals surface area contributed by atoms with E-state index >= 15 is 0 Å². The number of benzene rings is 2. The fourth-order valence-corrected chi connectivity index (χ4v) is 1.68. The Bertz CT molecular complexity index is 665. The van der Waals surface area contributed by atoms with E-state index in [0.29, 0.717) is 11.3 Å². The van der Waals surface area contributed by atoms with Crippen molar-refractivity contribution >= 4 is 17.7 Å². The molecule has 0 saturated carbocycles. The molecule has 0 spiro atoms. The fourth-order valence-electron chi connectivity index (χ4n) is 1.68. The SMILES string of the molecule is Cc1ccc(F)cc1NC(=O)/C=C/c1ccccc1F. The number of hydrogen-bond donors (Lipinski definition) is 1. The molecule has 0 heterocycles. The van der Waals surface area contributed by atoms with E-state index in [1.54, 1.807) is 31.2 Å². The zero-order chi connectivity index (χ0) is 14.5. The van der Waals surface area contributed by atoms with E-state index in [-0.39, 0.29) is 0 Å². The minimum atomic E-state index is -0.443. The molecule has 0 aliphatic heterocycles. The van der Waals surface area contributed by atoms with Gasteiger partial charge in [0, 0.05) is 17.3 Å². The number of amides is 1. The van der Waals surface area contributed by atoms with Crippen LogP contribution in [0.25, 0.3) is 6.08 Å². The quantitative estimate of drug-likeness (QED) is 0.844. The number of aryl methyl sites for hydroxylation is 1. The normalized spacial score (nSPS) is 10.8. The van der Waals surface area contributed by atoms with Crippen LogP contribution in [0.1, 0.15) is 11.1 Å². The zero-order valence-corrected chi connectivity index (χ0v) is 10.9. The minimum absolute atomic E-state index is 0.318. The van der Waals surface area contributed by atoms with Crippen LogP contribution in [0.3, 0.4) is 0 Å². The van der Waals surface area contributed by atoms with E-state index in [4.69, 9.17) is 0 Å². The first kappa shape index (κ1) is 13.9. The van der Waals surface area contributed by atoms with Crippen LogP contribution < -0.4 is 5.32 Å². The van der Waals surface area contributed by atoms with E-state index in [2.05, 4.69) is 5.32 Å². The van der Waals surface area contributed by atoms with Crippen molar-refractivity contribution in [2.75, 3.05) is 5.32 Å². The van der Waals surface area contributed by atoms with Crippen molar-refractivity contribution < 1.29 is 13.6 Å². The lowest BCUT2D eigenvalue weighted by molar-refractivity contribution is -0.111. The van der Waals surface area contributed by atoms with Crippen molar-refractivity contribution in [3.8, 4) is 0 Å². The Kier molecular flexibility index (Phi) is 4.25. The zero-order valence-electron chi connectivity index (χ0n) is 10.9. The van der Waals surface area contributed by atoms with Crippen molar-refractivity contribution in [2.24, 2.45) is 0 Å². The van der Waals surface area contributed by atoms with Crippen LogP contribution in [-0.4, -0.2) is 5.91 Å². The number of hydrogen-bond acceptors (Lipinski definition) is 1. The topological polar surface area (TPSA) is 29.1 Å². The summed E-state index contributed by atoms with van der Waals surface area (Å²) in [6, 6.07) is 10.3. The van der Waals surface area contributed by atoms with Crippen LogP contribution >= 0.6 is 0 Å². The van der Waals surface area contributed by atoms with Crippen molar-refractivity contribution in [3.63, 3.8) is 0 Å². The summed E-state index contributed by atoms with van der Waals surface area (Å²) >= 11 is 0. The Hall–Kier alpha value is -2.49. The smallest absolute Gasteiger partial charge is 0.248 e. The van der Waals surface area contributed by atoms with Crippen LogP contribution in [0.2, 0.25) is 0 Å².